The van der Waals surface area contributed by atoms with Crippen LogP contribution in [0.1, 0.15) is 0 Å². The SMILES string of the molecule is O=S(=O)(O)c1ccc(N=Nc2c(Nc3ccccc3)ccc3ccccc23)cc1.[Na]. The molecular weight excluding hydrogens is 409 g/mol. The van der Waals surface area contributed by atoms with Gasteiger partial charge < -0.3 is 5.32 Å². The van der Waals surface area contributed by atoms with Crippen molar-refractivity contribution < 1.29 is 13.0 Å². The van der Waals surface area contributed by atoms with Gasteiger partial charge in [-0.3, -0.25) is 4.55 Å². The van der Waals surface area contributed by atoms with Crippen LogP contribution in [0.4, 0.5) is 22.7 Å². The Kier molecular flexibility index (Phi) is 7.02. The molecule has 0 saturated carbocycles. The largest absolute Gasteiger partial charge is 0.354 e. The molecule has 0 heterocycles. The minimum atomic E-state index is -4.24. The molecular formula is C22H17N3NaO3S. The van der Waals surface area contributed by atoms with Crippen molar-refractivity contribution in [2.24, 2.45) is 10.2 Å². The molecule has 0 bridgehead atoms. The van der Waals surface area contributed by atoms with Gasteiger partial charge >= 0.3 is 0 Å². The fourth-order valence-corrected chi connectivity index (χ4v) is 3.41. The number of nitrogens with zero attached hydrogens (tertiary/aromatic N) is 2. The number of hydrogen-bond donors (Lipinski definition) is 2. The molecule has 0 aromatic heterocycles. The standard InChI is InChI=1S/C22H17N3O3S.Na/c26-29(27,28)19-13-11-18(12-14-19)24-25-22-20-9-5-4-6-16(20)10-15-21(22)23-17-7-2-1-3-8-17;/h1-15,23H,(H,26,27,28);. The summed E-state index contributed by atoms with van der Waals surface area (Å²) in [6.45, 7) is 0. The third-order valence-electron chi connectivity index (χ3n) is 4.35. The molecule has 30 heavy (non-hydrogen) atoms. The molecule has 4 rings (SSSR count). The van der Waals surface area contributed by atoms with Gasteiger partial charge in [-0.25, -0.2) is 0 Å². The summed E-state index contributed by atoms with van der Waals surface area (Å²) in [6, 6.07) is 27.2. The van der Waals surface area contributed by atoms with Crippen molar-refractivity contribution in [3.05, 3.63) is 91.0 Å². The third kappa shape index (κ3) is 5.13. The Hall–Kier alpha value is -2.55. The number of hydrogen-bond acceptors (Lipinski definition) is 5. The Bertz CT molecular complexity index is 1290. The second-order valence-electron chi connectivity index (χ2n) is 6.34. The molecule has 6 nitrogen and oxygen atoms in total. The Morgan fingerprint density at radius 1 is 0.733 bits per heavy atom. The number of azo groups is 1. The Morgan fingerprint density at radius 2 is 1.40 bits per heavy atom. The number of anilines is 2. The van der Waals surface area contributed by atoms with E-state index in [-0.39, 0.29) is 34.5 Å². The maximum Gasteiger partial charge on any atom is 0.294 e. The molecule has 0 aliphatic heterocycles. The van der Waals surface area contributed by atoms with Crippen molar-refractivity contribution in [2.75, 3.05) is 5.32 Å². The zero-order valence-corrected chi connectivity index (χ0v) is 19.0. The summed E-state index contributed by atoms with van der Waals surface area (Å²) in [5.74, 6) is 0. The van der Waals surface area contributed by atoms with E-state index in [2.05, 4.69) is 15.5 Å². The molecule has 145 valence electrons. The molecule has 0 saturated heterocycles. The van der Waals surface area contributed by atoms with Gasteiger partial charge in [-0.15, -0.1) is 5.11 Å². The molecule has 0 spiro atoms. The normalized spacial score (nSPS) is 11.4. The number of benzene rings is 4. The van der Waals surface area contributed by atoms with Gasteiger partial charge in [0.1, 0.15) is 5.69 Å². The first-order valence-electron chi connectivity index (χ1n) is 8.84. The van der Waals surface area contributed by atoms with Gasteiger partial charge in [-0.2, -0.15) is 13.5 Å². The second-order valence-corrected chi connectivity index (χ2v) is 7.76. The summed E-state index contributed by atoms with van der Waals surface area (Å²) in [5.41, 5.74) is 2.87. The van der Waals surface area contributed by atoms with Crippen LogP contribution in [0.5, 0.6) is 0 Å². The van der Waals surface area contributed by atoms with Crippen molar-refractivity contribution in [3.63, 3.8) is 0 Å². The van der Waals surface area contributed by atoms with E-state index in [1.54, 1.807) is 0 Å². The maximum atomic E-state index is 11.2. The predicted molar refractivity (Wildman–Crippen MR) is 120 cm³/mol. The molecule has 0 atom stereocenters. The van der Waals surface area contributed by atoms with Crippen molar-refractivity contribution in [3.8, 4) is 0 Å². The number of nitrogens with one attached hydrogen (secondary N) is 1. The van der Waals surface area contributed by atoms with Crippen LogP contribution in [0.2, 0.25) is 0 Å². The van der Waals surface area contributed by atoms with E-state index < -0.39 is 10.1 Å². The summed E-state index contributed by atoms with van der Waals surface area (Å²) >= 11 is 0. The van der Waals surface area contributed by atoms with E-state index in [4.69, 9.17) is 4.55 Å². The zero-order valence-electron chi connectivity index (χ0n) is 16.2. The molecule has 0 fully saturated rings. The summed E-state index contributed by atoms with van der Waals surface area (Å²) in [6.07, 6.45) is 0. The monoisotopic (exact) mass is 426 g/mol. The van der Waals surface area contributed by atoms with Crippen molar-refractivity contribution in [2.45, 2.75) is 4.90 Å². The third-order valence-corrected chi connectivity index (χ3v) is 5.22. The minimum Gasteiger partial charge on any atom is -0.354 e. The minimum absolute atomic E-state index is 0. The smallest absolute Gasteiger partial charge is 0.294 e. The maximum absolute atomic E-state index is 11.2. The van der Waals surface area contributed by atoms with Crippen molar-refractivity contribution in [1.82, 2.24) is 0 Å². The Labute approximate surface area is 196 Å². The molecule has 4 aromatic rings. The number of fused-ring (bicyclic) bond motifs is 1. The van der Waals surface area contributed by atoms with Crippen LogP contribution < -0.4 is 5.32 Å². The molecule has 4 aromatic carbocycles. The molecule has 2 N–H and O–H groups in total. The van der Waals surface area contributed by atoms with Crippen LogP contribution in [0.15, 0.2) is 106 Å². The predicted octanol–water partition coefficient (Wildman–Crippen LogP) is 5.86. The first-order valence-corrected chi connectivity index (χ1v) is 10.3. The van der Waals surface area contributed by atoms with Gasteiger partial charge in [-0.1, -0.05) is 48.5 Å². The average Bonchev–Trinajstić information content (AvgIpc) is 2.73. The molecule has 1 radical (unpaired) electrons. The van der Waals surface area contributed by atoms with Gasteiger partial charge in [0.25, 0.3) is 10.1 Å². The average molecular weight is 426 g/mol. The Balaban J connectivity index is 0.00000256. The fourth-order valence-electron chi connectivity index (χ4n) is 2.93. The van der Waals surface area contributed by atoms with Crippen molar-refractivity contribution in [1.29, 1.82) is 0 Å². The summed E-state index contributed by atoms with van der Waals surface area (Å²) in [5, 5.41) is 14.0. The zero-order chi connectivity index (χ0) is 20.3. The van der Waals surface area contributed by atoms with E-state index in [0.29, 0.717) is 11.4 Å². The summed E-state index contributed by atoms with van der Waals surface area (Å²) in [7, 11) is -4.24. The molecule has 8 heteroatoms. The quantitative estimate of drug-likeness (QED) is 0.237. The van der Waals surface area contributed by atoms with Gasteiger partial charge in [0.15, 0.2) is 0 Å². The fraction of sp³-hybridized carbons (Fsp3) is 0. The summed E-state index contributed by atoms with van der Waals surface area (Å²) < 4.78 is 31.5. The molecule has 0 unspecified atom stereocenters. The second kappa shape index (κ2) is 9.51. The van der Waals surface area contributed by atoms with E-state index >= 15 is 0 Å². The van der Waals surface area contributed by atoms with Gasteiger partial charge in [0.2, 0.25) is 0 Å². The Morgan fingerprint density at radius 3 is 2.10 bits per heavy atom. The van der Waals surface area contributed by atoms with Gasteiger partial charge in [0, 0.05) is 40.6 Å². The van der Waals surface area contributed by atoms with Gasteiger partial charge in [0.05, 0.1) is 16.3 Å². The summed E-state index contributed by atoms with van der Waals surface area (Å²) in [4.78, 5) is -0.187. The molecule has 0 aliphatic rings. The number of rotatable bonds is 5. The van der Waals surface area contributed by atoms with Crippen LogP contribution in [0.25, 0.3) is 10.8 Å². The molecule has 0 aliphatic carbocycles. The first-order chi connectivity index (χ1) is 14.0. The van der Waals surface area contributed by atoms with E-state index in [0.717, 1.165) is 22.1 Å². The van der Waals surface area contributed by atoms with Crippen LogP contribution in [0.3, 0.4) is 0 Å². The van der Waals surface area contributed by atoms with E-state index in [1.165, 1.54) is 24.3 Å². The molecule has 0 amide bonds. The van der Waals surface area contributed by atoms with Crippen LogP contribution in [-0.4, -0.2) is 42.5 Å². The van der Waals surface area contributed by atoms with Crippen LogP contribution in [0, 0.1) is 0 Å². The first kappa shape index (κ1) is 22.1. The van der Waals surface area contributed by atoms with E-state index in [9.17, 15) is 8.42 Å². The van der Waals surface area contributed by atoms with Crippen LogP contribution in [-0.2, 0) is 10.1 Å². The van der Waals surface area contributed by atoms with Crippen LogP contribution >= 0.6 is 0 Å². The van der Waals surface area contributed by atoms with Crippen molar-refractivity contribution >= 4 is 73.2 Å². The van der Waals surface area contributed by atoms with Gasteiger partial charge in [-0.05, 0) is 47.9 Å². The number of para-hydroxylation sites is 1. The topological polar surface area (TPSA) is 91.1 Å². The van der Waals surface area contributed by atoms with E-state index in [1.807, 2.05) is 66.7 Å².